The van der Waals surface area contributed by atoms with Crippen molar-refractivity contribution in [2.75, 3.05) is 13.7 Å². The molecule has 3 fully saturated rings. The smallest absolute Gasteiger partial charge is 0.0902 e. The maximum absolute atomic E-state index is 10.3. The van der Waals surface area contributed by atoms with E-state index in [9.17, 15) is 15.3 Å². The Morgan fingerprint density at radius 2 is 1.43 bits per heavy atom. The van der Waals surface area contributed by atoms with Crippen LogP contribution in [0.3, 0.4) is 0 Å². The standard InChI is InChI=1S/C18H32O3.C4H4O.C2H6.CH5N/c1-17(8-6-15(20)10-14(17)11-19)13-5-7-18(2)12(9-13)3-4-16(18)21;1-2-4-5-3-1;2*1-2/h12-16,19-21H,3-11H2,1-2H3;1-4H;1-2H3;2H2,1H3. The van der Waals surface area contributed by atoms with Crippen molar-refractivity contribution in [3.63, 3.8) is 0 Å². The van der Waals surface area contributed by atoms with E-state index in [1.54, 1.807) is 12.5 Å². The Morgan fingerprint density at radius 3 is 1.97 bits per heavy atom. The van der Waals surface area contributed by atoms with Crippen molar-refractivity contribution in [3.8, 4) is 0 Å². The molecule has 1 aromatic rings. The second kappa shape index (κ2) is 12.8. The molecule has 5 heteroatoms. The second-order valence-electron chi connectivity index (χ2n) is 9.37. The maximum atomic E-state index is 10.3. The third-order valence-electron chi connectivity index (χ3n) is 8.17. The first-order chi connectivity index (χ1) is 14.4. The zero-order valence-corrected chi connectivity index (χ0v) is 19.9. The first-order valence-corrected chi connectivity index (χ1v) is 11.9. The van der Waals surface area contributed by atoms with E-state index in [1.807, 2.05) is 26.0 Å². The average Bonchev–Trinajstić information content (AvgIpc) is 3.45. The minimum Gasteiger partial charge on any atom is -0.473 e. The monoisotopic (exact) mass is 425 g/mol. The van der Waals surface area contributed by atoms with Gasteiger partial charge in [0.15, 0.2) is 0 Å². The Labute approximate surface area is 184 Å². The molecule has 0 saturated heterocycles. The van der Waals surface area contributed by atoms with E-state index in [0.29, 0.717) is 11.8 Å². The van der Waals surface area contributed by atoms with Crippen LogP contribution < -0.4 is 5.73 Å². The van der Waals surface area contributed by atoms with E-state index >= 15 is 0 Å². The number of aliphatic hydroxyl groups excluding tert-OH is 3. The Kier molecular flexibility index (Phi) is 11.6. The van der Waals surface area contributed by atoms with Crippen LogP contribution >= 0.6 is 0 Å². The summed E-state index contributed by atoms with van der Waals surface area (Å²) >= 11 is 0. The molecule has 3 aliphatic rings. The fourth-order valence-electron chi connectivity index (χ4n) is 6.04. The van der Waals surface area contributed by atoms with Gasteiger partial charge in [0, 0.05) is 6.61 Å². The summed E-state index contributed by atoms with van der Waals surface area (Å²) in [5.74, 6) is 1.53. The molecule has 0 radical (unpaired) electrons. The van der Waals surface area contributed by atoms with Gasteiger partial charge in [-0.25, -0.2) is 0 Å². The fraction of sp³-hybridized carbons (Fsp3) is 0.840. The molecule has 0 bridgehead atoms. The van der Waals surface area contributed by atoms with E-state index in [1.165, 1.54) is 19.9 Å². The number of hydrogen-bond donors (Lipinski definition) is 4. The van der Waals surface area contributed by atoms with Gasteiger partial charge in [0.1, 0.15) is 0 Å². The third kappa shape index (κ3) is 6.09. The first kappa shape index (κ1) is 27.2. The van der Waals surface area contributed by atoms with Crippen LogP contribution in [0.2, 0.25) is 0 Å². The summed E-state index contributed by atoms with van der Waals surface area (Å²) in [6.07, 6.45) is 11.2. The van der Waals surface area contributed by atoms with Crippen LogP contribution in [-0.2, 0) is 0 Å². The zero-order chi connectivity index (χ0) is 22.8. The first-order valence-electron chi connectivity index (χ1n) is 11.9. The molecule has 30 heavy (non-hydrogen) atoms. The van der Waals surface area contributed by atoms with Gasteiger partial charge in [-0.3, -0.25) is 0 Å². The van der Waals surface area contributed by atoms with E-state index in [-0.39, 0.29) is 35.6 Å². The van der Waals surface area contributed by atoms with Crippen LogP contribution in [0.15, 0.2) is 29.1 Å². The zero-order valence-electron chi connectivity index (χ0n) is 19.9. The predicted octanol–water partition coefficient (Wildman–Crippen LogP) is 4.60. The molecule has 7 atom stereocenters. The Bertz CT molecular complexity index is 534. The van der Waals surface area contributed by atoms with Crippen molar-refractivity contribution in [3.05, 3.63) is 24.7 Å². The molecule has 3 saturated carbocycles. The molecule has 0 amide bonds. The largest absolute Gasteiger partial charge is 0.473 e. The highest BCUT2D eigenvalue weighted by Crippen LogP contribution is 2.59. The number of fused-ring (bicyclic) bond motifs is 1. The summed E-state index contributed by atoms with van der Waals surface area (Å²) < 4.78 is 4.58. The quantitative estimate of drug-likeness (QED) is 0.555. The van der Waals surface area contributed by atoms with E-state index < -0.39 is 0 Å². The van der Waals surface area contributed by atoms with Gasteiger partial charge in [-0.15, -0.1) is 0 Å². The molecular weight excluding hydrogens is 378 g/mol. The molecular formula is C25H47NO4. The molecule has 1 heterocycles. The lowest BCUT2D eigenvalue weighted by Gasteiger charge is -2.53. The van der Waals surface area contributed by atoms with Crippen molar-refractivity contribution in [1.29, 1.82) is 0 Å². The Balaban J connectivity index is 0.000000424. The summed E-state index contributed by atoms with van der Waals surface area (Å²) in [6, 6.07) is 3.67. The molecule has 5 N–H and O–H groups in total. The van der Waals surface area contributed by atoms with Crippen molar-refractivity contribution in [2.24, 2.45) is 34.3 Å². The third-order valence-corrected chi connectivity index (χ3v) is 8.17. The van der Waals surface area contributed by atoms with Crippen molar-refractivity contribution in [2.45, 2.75) is 91.3 Å². The SMILES string of the molecule is CC.CC12CCC(C3(C)CCC(O)CC3CO)CC1CCC2O.CN.c1ccoc1. The lowest BCUT2D eigenvalue weighted by molar-refractivity contribution is -0.0818. The van der Waals surface area contributed by atoms with Crippen LogP contribution in [0, 0.1) is 28.6 Å². The van der Waals surface area contributed by atoms with E-state index in [0.717, 1.165) is 38.5 Å². The van der Waals surface area contributed by atoms with Gasteiger partial charge in [-0.1, -0.05) is 27.7 Å². The highest BCUT2D eigenvalue weighted by Gasteiger charge is 2.53. The number of rotatable bonds is 2. The number of hydrogen-bond acceptors (Lipinski definition) is 5. The van der Waals surface area contributed by atoms with Gasteiger partial charge < -0.3 is 25.5 Å². The minimum absolute atomic E-state index is 0.113. The normalized spacial score (nSPS) is 39.8. The van der Waals surface area contributed by atoms with Gasteiger partial charge in [0.05, 0.1) is 24.7 Å². The molecule has 0 aromatic carbocycles. The average molecular weight is 426 g/mol. The van der Waals surface area contributed by atoms with Crippen LogP contribution in [0.25, 0.3) is 0 Å². The van der Waals surface area contributed by atoms with Crippen LogP contribution in [0.5, 0.6) is 0 Å². The van der Waals surface area contributed by atoms with Crippen molar-refractivity contribution >= 4 is 0 Å². The van der Waals surface area contributed by atoms with Gasteiger partial charge in [-0.2, -0.15) is 0 Å². The minimum atomic E-state index is -0.225. The summed E-state index contributed by atoms with van der Waals surface area (Å²) in [5.41, 5.74) is 4.80. The summed E-state index contributed by atoms with van der Waals surface area (Å²) in [7, 11) is 1.50. The Hall–Kier alpha value is -0.880. The van der Waals surface area contributed by atoms with Crippen LogP contribution in [-0.4, -0.2) is 41.2 Å². The van der Waals surface area contributed by atoms with Crippen molar-refractivity contribution in [1.82, 2.24) is 0 Å². The molecule has 3 aliphatic carbocycles. The Morgan fingerprint density at radius 1 is 0.867 bits per heavy atom. The molecule has 4 rings (SSSR count). The highest BCUT2D eigenvalue weighted by atomic mass is 16.3. The summed E-state index contributed by atoms with van der Waals surface area (Å²) in [4.78, 5) is 0. The second-order valence-corrected chi connectivity index (χ2v) is 9.37. The maximum Gasteiger partial charge on any atom is 0.0902 e. The predicted molar refractivity (Wildman–Crippen MR) is 123 cm³/mol. The topological polar surface area (TPSA) is 99.8 Å². The van der Waals surface area contributed by atoms with Gasteiger partial charge in [0.25, 0.3) is 0 Å². The number of aliphatic hydroxyl groups is 3. The van der Waals surface area contributed by atoms with Crippen LogP contribution in [0.4, 0.5) is 0 Å². The molecule has 176 valence electrons. The van der Waals surface area contributed by atoms with Gasteiger partial charge in [0.2, 0.25) is 0 Å². The molecule has 0 aliphatic heterocycles. The number of nitrogens with two attached hydrogens (primary N) is 1. The highest BCUT2D eigenvalue weighted by molar-refractivity contribution is 5.03. The van der Waals surface area contributed by atoms with E-state index in [4.69, 9.17) is 0 Å². The summed E-state index contributed by atoms with van der Waals surface area (Å²) in [6.45, 7) is 8.83. The molecule has 7 unspecified atom stereocenters. The van der Waals surface area contributed by atoms with Crippen molar-refractivity contribution < 1.29 is 19.7 Å². The lowest BCUT2D eigenvalue weighted by Crippen LogP contribution is -2.47. The fourth-order valence-corrected chi connectivity index (χ4v) is 6.04. The molecule has 1 aromatic heterocycles. The molecule has 0 spiro atoms. The number of furan rings is 1. The summed E-state index contributed by atoms with van der Waals surface area (Å²) in [5, 5.41) is 30.0. The van der Waals surface area contributed by atoms with E-state index in [2.05, 4.69) is 24.0 Å². The van der Waals surface area contributed by atoms with Gasteiger partial charge in [-0.05, 0) is 99.1 Å². The van der Waals surface area contributed by atoms with Crippen LogP contribution in [0.1, 0.15) is 79.1 Å². The van der Waals surface area contributed by atoms with Gasteiger partial charge >= 0.3 is 0 Å². The molecule has 5 nitrogen and oxygen atoms in total. The lowest BCUT2D eigenvalue weighted by atomic mass is 9.53.